The first-order chi connectivity index (χ1) is 8.20. The van der Waals surface area contributed by atoms with Crippen LogP contribution in [-0.2, 0) is 0 Å². The molecule has 0 aliphatic carbocycles. The molecule has 0 saturated heterocycles. The summed E-state index contributed by atoms with van der Waals surface area (Å²) in [5, 5.41) is 7.12. The second-order valence-electron chi connectivity index (χ2n) is 3.69. The minimum Gasteiger partial charge on any atom is -0.386 e. The van der Waals surface area contributed by atoms with E-state index in [2.05, 4.69) is 15.2 Å². The lowest BCUT2D eigenvalue weighted by molar-refractivity contribution is 1.05. The van der Waals surface area contributed by atoms with Crippen molar-refractivity contribution in [1.82, 2.24) is 10.2 Å². The summed E-state index contributed by atoms with van der Waals surface area (Å²) >= 11 is 5.63. The average Bonchev–Trinajstić information content (AvgIpc) is 2.76. The summed E-state index contributed by atoms with van der Waals surface area (Å²) in [6.07, 6.45) is 0. The number of aromatic nitrogens is 2. The van der Waals surface area contributed by atoms with E-state index < -0.39 is 0 Å². The van der Waals surface area contributed by atoms with Crippen molar-refractivity contribution in [3.05, 3.63) is 36.0 Å². The zero-order chi connectivity index (χ0) is 12.3. The van der Waals surface area contributed by atoms with Crippen molar-refractivity contribution in [3.63, 3.8) is 0 Å². The Morgan fingerprint density at radius 1 is 1.47 bits per heavy atom. The van der Waals surface area contributed by atoms with Gasteiger partial charge in [-0.2, -0.15) is 5.10 Å². The third-order valence-electron chi connectivity index (χ3n) is 2.29. The third-order valence-corrected chi connectivity index (χ3v) is 2.56. The minimum absolute atomic E-state index is 0.216. The lowest BCUT2D eigenvalue weighted by Crippen LogP contribution is -2.12. The summed E-state index contributed by atoms with van der Waals surface area (Å²) in [7, 11) is 0. The summed E-state index contributed by atoms with van der Waals surface area (Å²) in [4.78, 5) is 4.27. The number of benzene rings is 1. The predicted octanol–water partition coefficient (Wildman–Crippen LogP) is 2.61. The van der Waals surface area contributed by atoms with Crippen LogP contribution in [0.5, 0.6) is 0 Å². The van der Waals surface area contributed by atoms with Crippen molar-refractivity contribution in [2.45, 2.75) is 6.92 Å². The molecule has 0 spiro atoms. The van der Waals surface area contributed by atoms with E-state index in [-0.39, 0.29) is 5.88 Å². The third kappa shape index (κ3) is 2.65. The number of H-pyrrole nitrogens is 1. The fourth-order valence-electron chi connectivity index (χ4n) is 1.53. The first kappa shape index (κ1) is 11.7. The van der Waals surface area contributed by atoms with Gasteiger partial charge in [0.15, 0.2) is 0 Å². The zero-order valence-electron chi connectivity index (χ0n) is 9.44. The number of aliphatic imine (C=N–C) groups is 1. The van der Waals surface area contributed by atoms with Crippen LogP contribution in [0.1, 0.15) is 5.69 Å². The van der Waals surface area contributed by atoms with Gasteiger partial charge in [0.1, 0.15) is 5.84 Å². The van der Waals surface area contributed by atoms with E-state index in [1.165, 1.54) is 0 Å². The molecule has 3 N–H and O–H groups in total. The van der Waals surface area contributed by atoms with Crippen molar-refractivity contribution in [1.29, 1.82) is 0 Å². The highest BCUT2D eigenvalue weighted by atomic mass is 35.5. The summed E-state index contributed by atoms with van der Waals surface area (Å²) < 4.78 is 0. The van der Waals surface area contributed by atoms with Gasteiger partial charge >= 0.3 is 0 Å². The number of nitrogens with zero attached hydrogens (tertiary/aromatic N) is 2. The Kier molecular flexibility index (Phi) is 3.44. The number of amidine groups is 1. The number of nitrogens with one attached hydrogen (secondary N) is 1. The zero-order valence-corrected chi connectivity index (χ0v) is 10.2. The average molecular weight is 249 g/mol. The van der Waals surface area contributed by atoms with Crippen LogP contribution >= 0.6 is 11.6 Å². The lowest BCUT2D eigenvalue weighted by Gasteiger charge is -2.02. The quantitative estimate of drug-likeness (QED) is 0.498. The van der Waals surface area contributed by atoms with Gasteiger partial charge in [0, 0.05) is 11.3 Å². The van der Waals surface area contributed by atoms with Crippen LogP contribution in [0.3, 0.4) is 0 Å². The largest absolute Gasteiger partial charge is 0.386 e. The van der Waals surface area contributed by atoms with E-state index >= 15 is 0 Å². The van der Waals surface area contributed by atoms with E-state index in [1.54, 1.807) is 0 Å². The molecule has 4 nitrogen and oxygen atoms in total. The van der Waals surface area contributed by atoms with Gasteiger partial charge in [-0.25, -0.2) is 4.99 Å². The van der Waals surface area contributed by atoms with E-state index in [0.717, 1.165) is 22.6 Å². The van der Waals surface area contributed by atoms with Crippen LogP contribution in [0.15, 0.2) is 35.3 Å². The van der Waals surface area contributed by atoms with Gasteiger partial charge in [-0.1, -0.05) is 18.2 Å². The van der Waals surface area contributed by atoms with E-state index in [4.69, 9.17) is 17.3 Å². The highest BCUT2D eigenvalue weighted by Crippen LogP contribution is 2.28. The topological polar surface area (TPSA) is 67.1 Å². The molecule has 0 bridgehead atoms. The molecule has 0 unspecified atom stereocenters. The molecule has 0 amide bonds. The summed E-state index contributed by atoms with van der Waals surface area (Å²) in [5.41, 5.74) is 9.21. The number of halogens is 1. The molecule has 2 aromatic rings. The van der Waals surface area contributed by atoms with Crippen LogP contribution in [0.4, 0.5) is 5.69 Å². The second-order valence-corrected chi connectivity index (χ2v) is 3.96. The second kappa shape index (κ2) is 5.01. The number of nitrogens with two attached hydrogens (primary N) is 1. The molecule has 0 saturated carbocycles. The highest BCUT2D eigenvalue weighted by molar-refractivity contribution is 6.28. The number of para-hydroxylation sites is 1. The maximum Gasteiger partial charge on any atom is 0.115 e. The standard InChI is InChI=1S/C12H13ClN4/c1-8-6-11(17-16-8)9-4-2-3-5-10(9)15-12(14)7-13/h2-6H,7H2,1H3,(H2,14,15)(H,16,17). The maximum atomic E-state index is 5.65. The molecular formula is C12H13ClN4. The highest BCUT2D eigenvalue weighted by Gasteiger charge is 2.07. The molecule has 1 aromatic heterocycles. The molecule has 17 heavy (non-hydrogen) atoms. The van der Waals surface area contributed by atoms with Gasteiger partial charge < -0.3 is 5.73 Å². The van der Waals surface area contributed by atoms with E-state index in [0.29, 0.717) is 5.84 Å². The van der Waals surface area contributed by atoms with Crippen LogP contribution in [0, 0.1) is 6.92 Å². The molecular weight excluding hydrogens is 236 g/mol. The Bertz CT molecular complexity index is 545. The van der Waals surface area contributed by atoms with Gasteiger partial charge in [-0.3, -0.25) is 5.10 Å². The lowest BCUT2D eigenvalue weighted by atomic mass is 10.1. The van der Waals surface area contributed by atoms with Gasteiger partial charge in [-0.15, -0.1) is 11.6 Å². The summed E-state index contributed by atoms with van der Waals surface area (Å²) in [6.45, 7) is 1.95. The first-order valence-electron chi connectivity index (χ1n) is 5.21. The molecule has 5 heteroatoms. The molecule has 0 fully saturated rings. The van der Waals surface area contributed by atoms with Crippen LogP contribution in [0.25, 0.3) is 11.3 Å². The minimum atomic E-state index is 0.216. The number of aryl methyl sites for hydroxylation is 1. The van der Waals surface area contributed by atoms with E-state index in [9.17, 15) is 0 Å². The Morgan fingerprint density at radius 3 is 2.88 bits per heavy atom. The molecule has 1 heterocycles. The van der Waals surface area contributed by atoms with Crippen molar-refractivity contribution in [3.8, 4) is 11.3 Å². The Balaban J connectivity index is 2.48. The number of alkyl halides is 1. The van der Waals surface area contributed by atoms with Crippen molar-refractivity contribution < 1.29 is 0 Å². The Labute approximate surface area is 105 Å². The van der Waals surface area contributed by atoms with E-state index in [1.807, 2.05) is 37.3 Å². The maximum absolute atomic E-state index is 5.65. The smallest absolute Gasteiger partial charge is 0.115 e. The SMILES string of the molecule is Cc1cc(-c2ccccc2N=C(N)CCl)n[nH]1. The monoisotopic (exact) mass is 248 g/mol. The normalized spacial score (nSPS) is 11.8. The molecule has 0 atom stereocenters. The molecule has 0 radical (unpaired) electrons. The Morgan fingerprint density at radius 2 is 2.24 bits per heavy atom. The Hall–Kier alpha value is -1.81. The van der Waals surface area contributed by atoms with Crippen molar-refractivity contribution >= 4 is 23.1 Å². The van der Waals surface area contributed by atoms with Gasteiger partial charge in [0.2, 0.25) is 0 Å². The van der Waals surface area contributed by atoms with Crippen LogP contribution in [0.2, 0.25) is 0 Å². The fourth-order valence-corrected chi connectivity index (χ4v) is 1.59. The van der Waals surface area contributed by atoms with Crippen molar-refractivity contribution in [2.75, 3.05) is 5.88 Å². The number of aromatic amines is 1. The van der Waals surface area contributed by atoms with Gasteiger partial charge in [-0.05, 0) is 19.1 Å². The first-order valence-corrected chi connectivity index (χ1v) is 5.74. The number of rotatable bonds is 3. The molecule has 1 aromatic carbocycles. The molecule has 88 valence electrons. The predicted molar refractivity (Wildman–Crippen MR) is 70.8 cm³/mol. The van der Waals surface area contributed by atoms with Crippen LogP contribution in [-0.4, -0.2) is 21.9 Å². The number of hydrogen-bond acceptors (Lipinski definition) is 2. The van der Waals surface area contributed by atoms with Crippen LogP contribution < -0.4 is 5.73 Å². The molecule has 2 rings (SSSR count). The molecule has 0 aliphatic heterocycles. The summed E-state index contributed by atoms with van der Waals surface area (Å²) in [5.74, 6) is 0.611. The number of hydrogen-bond donors (Lipinski definition) is 2. The molecule has 0 aliphatic rings. The fraction of sp³-hybridized carbons (Fsp3) is 0.167. The van der Waals surface area contributed by atoms with Gasteiger partial charge in [0.25, 0.3) is 0 Å². The van der Waals surface area contributed by atoms with Gasteiger partial charge in [0.05, 0.1) is 17.3 Å². The summed E-state index contributed by atoms with van der Waals surface area (Å²) in [6, 6.07) is 9.65. The van der Waals surface area contributed by atoms with Crippen molar-refractivity contribution in [2.24, 2.45) is 10.7 Å².